The zero-order valence-electron chi connectivity index (χ0n) is 9.61. The molecule has 0 atom stereocenters. The van der Waals surface area contributed by atoms with Gasteiger partial charge >= 0.3 is 5.97 Å². The fourth-order valence-corrected chi connectivity index (χ4v) is 1.59. The van der Waals surface area contributed by atoms with Gasteiger partial charge in [0.15, 0.2) is 0 Å². The van der Waals surface area contributed by atoms with Crippen LogP contribution >= 0.6 is 0 Å². The van der Waals surface area contributed by atoms with Crippen LogP contribution in [0.15, 0.2) is 28.7 Å². The van der Waals surface area contributed by atoms with Crippen LogP contribution in [-0.2, 0) is 4.74 Å². The van der Waals surface area contributed by atoms with Gasteiger partial charge in [-0.3, -0.25) is 0 Å². The average molecular weight is 218 g/mol. The number of carbonyl (C=O) groups is 1. The van der Waals surface area contributed by atoms with Gasteiger partial charge in [0.25, 0.3) is 0 Å². The molecule has 0 saturated carbocycles. The summed E-state index contributed by atoms with van der Waals surface area (Å²) in [5.41, 5.74) is 1.35. The van der Waals surface area contributed by atoms with Crippen LogP contribution in [0, 0.1) is 0 Å². The molecule has 2 aromatic rings. The first-order chi connectivity index (χ1) is 7.61. The molecule has 2 rings (SSSR count). The second-order valence-corrected chi connectivity index (χ2v) is 4.05. The lowest BCUT2D eigenvalue weighted by Gasteiger charge is -1.97. The molecule has 16 heavy (non-hydrogen) atoms. The van der Waals surface area contributed by atoms with Crippen LogP contribution < -0.4 is 0 Å². The van der Waals surface area contributed by atoms with Crippen molar-refractivity contribution in [3.05, 3.63) is 35.6 Å². The number of rotatable bonds is 2. The van der Waals surface area contributed by atoms with Crippen molar-refractivity contribution in [2.75, 3.05) is 7.11 Å². The quantitative estimate of drug-likeness (QED) is 0.726. The zero-order chi connectivity index (χ0) is 11.7. The molecule has 3 nitrogen and oxygen atoms in total. The molecule has 0 saturated heterocycles. The number of benzene rings is 1. The van der Waals surface area contributed by atoms with E-state index in [1.807, 2.05) is 6.07 Å². The monoisotopic (exact) mass is 218 g/mol. The van der Waals surface area contributed by atoms with Crippen molar-refractivity contribution in [3.8, 4) is 0 Å². The molecular formula is C13H14O3. The van der Waals surface area contributed by atoms with Crippen molar-refractivity contribution in [1.82, 2.24) is 0 Å². The minimum absolute atomic E-state index is 0.325. The Morgan fingerprint density at radius 2 is 2.06 bits per heavy atom. The minimum Gasteiger partial charge on any atom is -0.465 e. The summed E-state index contributed by atoms with van der Waals surface area (Å²) in [6, 6.07) is 7.26. The summed E-state index contributed by atoms with van der Waals surface area (Å²) in [6.45, 7) is 4.14. The Hall–Kier alpha value is -1.77. The van der Waals surface area contributed by atoms with Crippen LogP contribution in [0.4, 0.5) is 0 Å². The molecule has 0 bridgehead atoms. The fourth-order valence-electron chi connectivity index (χ4n) is 1.59. The molecule has 1 heterocycles. The Morgan fingerprint density at radius 1 is 1.31 bits per heavy atom. The highest BCUT2D eigenvalue weighted by Gasteiger charge is 2.10. The van der Waals surface area contributed by atoms with Gasteiger partial charge in [0, 0.05) is 11.3 Å². The molecule has 1 aromatic carbocycles. The highest BCUT2D eigenvalue weighted by atomic mass is 16.5. The lowest BCUT2D eigenvalue weighted by molar-refractivity contribution is 0.0601. The van der Waals surface area contributed by atoms with E-state index in [9.17, 15) is 4.79 Å². The van der Waals surface area contributed by atoms with Gasteiger partial charge in [-0.25, -0.2) is 4.79 Å². The van der Waals surface area contributed by atoms with Crippen LogP contribution in [0.3, 0.4) is 0 Å². The molecule has 0 aliphatic rings. The van der Waals surface area contributed by atoms with Crippen LogP contribution in [-0.4, -0.2) is 13.1 Å². The molecule has 0 radical (unpaired) electrons. The van der Waals surface area contributed by atoms with E-state index in [0.717, 1.165) is 16.7 Å². The van der Waals surface area contributed by atoms with Crippen molar-refractivity contribution in [2.24, 2.45) is 0 Å². The number of carbonyl (C=O) groups excluding carboxylic acids is 1. The van der Waals surface area contributed by atoms with Gasteiger partial charge in [-0.05, 0) is 24.3 Å². The number of esters is 1. The van der Waals surface area contributed by atoms with Crippen molar-refractivity contribution in [1.29, 1.82) is 0 Å². The first-order valence-electron chi connectivity index (χ1n) is 5.23. The third-order valence-electron chi connectivity index (χ3n) is 2.53. The highest BCUT2D eigenvalue weighted by Crippen LogP contribution is 2.25. The summed E-state index contributed by atoms with van der Waals surface area (Å²) in [6.07, 6.45) is 0. The molecule has 0 aliphatic heterocycles. The van der Waals surface area contributed by atoms with Crippen molar-refractivity contribution in [3.63, 3.8) is 0 Å². The zero-order valence-corrected chi connectivity index (χ0v) is 9.61. The van der Waals surface area contributed by atoms with Gasteiger partial charge in [-0.1, -0.05) is 13.8 Å². The predicted octanol–water partition coefficient (Wildman–Crippen LogP) is 3.34. The number of hydrogen-bond acceptors (Lipinski definition) is 3. The van der Waals surface area contributed by atoms with E-state index in [1.165, 1.54) is 7.11 Å². The van der Waals surface area contributed by atoms with Gasteiger partial charge in [0.2, 0.25) is 0 Å². The smallest absolute Gasteiger partial charge is 0.337 e. The molecule has 0 amide bonds. The van der Waals surface area contributed by atoms with Crippen LogP contribution in [0.2, 0.25) is 0 Å². The van der Waals surface area contributed by atoms with Crippen LogP contribution in [0.1, 0.15) is 35.9 Å². The van der Waals surface area contributed by atoms with Crippen LogP contribution in [0.5, 0.6) is 0 Å². The largest absolute Gasteiger partial charge is 0.465 e. The van der Waals surface area contributed by atoms with E-state index in [2.05, 4.69) is 18.6 Å². The third-order valence-corrected chi connectivity index (χ3v) is 2.53. The highest BCUT2D eigenvalue weighted by molar-refractivity contribution is 5.94. The van der Waals surface area contributed by atoms with E-state index in [-0.39, 0.29) is 5.97 Å². The van der Waals surface area contributed by atoms with E-state index < -0.39 is 0 Å². The average Bonchev–Trinajstić information content (AvgIpc) is 2.70. The van der Waals surface area contributed by atoms with Gasteiger partial charge in [-0.15, -0.1) is 0 Å². The number of fused-ring (bicyclic) bond motifs is 1. The van der Waals surface area contributed by atoms with Crippen molar-refractivity contribution >= 4 is 16.9 Å². The Morgan fingerprint density at radius 3 is 2.69 bits per heavy atom. The van der Waals surface area contributed by atoms with Gasteiger partial charge < -0.3 is 9.15 Å². The molecule has 84 valence electrons. The minimum atomic E-state index is -0.325. The Balaban J connectivity index is 2.49. The maximum absolute atomic E-state index is 11.3. The maximum atomic E-state index is 11.3. The topological polar surface area (TPSA) is 39.4 Å². The summed E-state index contributed by atoms with van der Waals surface area (Å²) in [5, 5.41) is 0.937. The molecule has 3 heteroatoms. The number of hydrogen-bond donors (Lipinski definition) is 0. The molecule has 0 spiro atoms. The molecule has 1 aromatic heterocycles. The molecule has 0 unspecified atom stereocenters. The summed E-state index contributed by atoms with van der Waals surface area (Å²) in [4.78, 5) is 11.3. The summed E-state index contributed by atoms with van der Waals surface area (Å²) in [5.74, 6) is 0.945. The van der Waals surface area contributed by atoms with E-state index >= 15 is 0 Å². The van der Waals surface area contributed by atoms with Gasteiger partial charge in [-0.2, -0.15) is 0 Å². The molecular weight excluding hydrogens is 204 g/mol. The van der Waals surface area contributed by atoms with Gasteiger partial charge in [0.1, 0.15) is 11.3 Å². The first kappa shape index (κ1) is 10.7. The summed E-state index contributed by atoms with van der Waals surface area (Å²) in [7, 11) is 1.38. The third kappa shape index (κ3) is 1.81. The second-order valence-electron chi connectivity index (χ2n) is 4.05. The van der Waals surface area contributed by atoms with Crippen molar-refractivity contribution in [2.45, 2.75) is 19.8 Å². The standard InChI is InChI=1S/C13H14O3/c1-8(2)12-7-10-6-9(13(14)15-3)4-5-11(10)16-12/h4-8H,1-3H3. The van der Waals surface area contributed by atoms with E-state index in [4.69, 9.17) is 4.42 Å². The number of ether oxygens (including phenoxy) is 1. The summed E-state index contributed by atoms with van der Waals surface area (Å²) >= 11 is 0. The number of methoxy groups -OCH3 is 1. The lowest BCUT2D eigenvalue weighted by atomic mass is 10.1. The lowest BCUT2D eigenvalue weighted by Crippen LogP contribution is -1.99. The SMILES string of the molecule is COC(=O)c1ccc2oc(C(C)C)cc2c1. The Bertz CT molecular complexity index is 523. The Labute approximate surface area is 94.0 Å². The summed E-state index contributed by atoms with van der Waals surface area (Å²) < 4.78 is 10.3. The molecule has 0 N–H and O–H groups in total. The Kier molecular flexibility index (Phi) is 2.69. The van der Waals surface area contributed by atoms with E-state index in [0.29, 0.717) is 11.5 Å². The van der Waals surface area contributed by atoms with Crippen LogP contribution in [0.25, 0.3) is 11.0 Å². The predicted molar refractivity (Wildman–Crippen MR) is 61.6 cm³/mol. The normalized spacial score (nSPS) is 11.0. The first-order valence-corrected chi connectivity index (χ1v) is 5.23. The number of furan rings is 1. The molecule has 0 fully saturated rings. The fraction of sp³-hybridized carbons (Fsp3) is 0.308. The van der Waals surface area contributed by atoms with Gasteiger partial charge in [0.05, 0.1) is 12.7 Å². The van der Waals surface area contributed by atoms with E-state index in [1.54, 1.807) is 18.2 Å². The molecule has 0 aliphatic carbocycles. The second kappa shape index (κ2) is 4.00. The van der Waals surface area contributed by atoms with Crippen molar-refractivity contribution < 1.29 is 13.9 Å². The maximum Gasteiger partial charge on any atom is 0.337 e.